The van der Waals surface area contributed by atoms with Crippen molar-refractivity contribution in [3.63, 3.8) is 0 Å². The van der Waals surface area contributed by atoms with Crippen molar-refractivity contribution in [2.75, 3.05) is 0 Å². The molecule has 1 aromatic heterocycles. The monoisotopic (exact) mass is 231 g/mol. The molecule has 0 aliphatic carbocycles. The van der Waals surface area contributed by atoms with E-state index in [1.807, 2.05) is 30.7 Å². The third-order valence-corrected chi connectivity index (χ3v) is 2.75. The second-order valence-electron chi connectivity index (χ2n) is 4.33. The lowest BCUT2D eigenvalue weighted by Gasteiger charge is -2.07. The van der Waals surface area contributed by atoms with Gasteiger partial charge in [-0.2, -0.15) is 0 Å². The average Bonchev–Trinajstić information content (AvgIpc) is 2.56. The minimum Gasteiger partial charge on any atom is -0.486 e. The Labute approximate surface area is 101 Å². The third-order valence-electron chi connectivity index (χ3n) is 2.75. The van der Waals surface area contributed by atoms with Crippen LogP contribution in [0.3, 0.4) is 0 Å². The molecule has 2 aromatic rings. The van der Waals surface area contributed by atoms with E-state index in [1.165, 1.54) is 11.1 Å². The van der Waals surface area contributed by atoms with Crippen LogP contribution in [0.4, 0.5) is 0 Å². The number of rotatable bonds is 3. The summed E-state index contributed by atoms with van der Waals surface area (Å²) >= 11 is 0. The Morgan fingerprint density at radius 3 is 2.24 bits per heavy atom. The van der Waals surface area contributed by atoms with Crippen molar-refractivity contribution < 1.29 is 4.74 Å². The summed E-state index contributed by atoms with van der Waals surface area (Å²) in [5.41, 5.74) is 2.41. The van der Waals surface area contributed by atoms with Gasteiger partial charge in [-0.05, 0) is 44.0 Å². The highest BCUT2D eigenvalue weighted by Gasteiger charge is 2.05. The van der Waals surface area contributed by atoms with Crippen LogP contribution in [0.1, 0.15) is 22.8 Å². The molecule has 0 saturated carbocycles. The van der Waals surface area contributed by atoms with Gasteiger partial charge in [-0.3, -0.25) is 0 Å². The molecule has 0 fully saturated rings. The topological polar surface area (TPSA) is 39.9 Å². The molecule has 0 spiro atoms. The summed E-state index contributed by atoms with van der Waals surface area (Å²) in [5.74, 6) is 2.61. The van der Waals surface area contributed by atoms with Crippen LogP contribution in [-0.2, 0) is 13.7 Å². The summed E-state index contributed by atoms with van der Waals surface area (Å²) in [4.78, 5) is 0. The van der Waals surface area contributed by atoms with Crippen molar-refractivity contribution in [1.29, 1.82) is 0 Å². The molecule has 2 rings (SSSR count). The van der Waals surface area contributed by atoms with Gasteiger partial charge >= 0.3 is 0 Å². The molecule has 0 unspecified atom stereocenters. The second kappa shape index (κ2) is 4.57. The third kappa shape index (κ3) is 2.64. The zero-order valence-corrected chi connectivity index (χ0v) is 10.7. The summed E-state index contributed by atoms with van der Waals surface area (Å²) in [6.07, 6.45) is 0. The van der Waals surface area contributed by atoms with Crippen molar-refractivity contribution in [3.8, 4) is 5.75 Å². The number of benzene rings is 1. The number of hydrogen-bond acceptors (Lipinski definition) is 3. The van der Waals surface area contributed by atoms with Gasteiger partial charge in [-0.15, -0.1) is 10.2 Å². The van der Waals surface area contributed by atoms with Gasteiger partial charge in [0.15, 0.2) is 5.82 Å². The van der Waals surface area contributed by atoms with Crippen LogP contribution in [-0.4, -0.2) is 14.8 Å². The first kappa shape index (κ1) is 11.6. The van der Waals surface area contributed by atoms with Crippen LogP contribution in [0.5, 0.6) is 5.75 Å². The van der Waals surface area contributed by atoms with Crippen LogP contribution in [0.25, 0.3) is 0 Å². The van der Waals surface area contributed by atoms with Gasteiger partial charge in [0.05, 0.1) is 0 Å². The lowest BCUT2D eigenvalue weighted by molar-refractivity contribution is 0.290. The van der Waals surface area contributed by atoms with Crippen LogP contribution < -0.4 is 4.74 Å². The highest BCUT2D eigenvalue weighted by atomic mass is 16.5. The van der Waals surface area contributed by atoms with Gasteiger partial charge in [0.2, 0.25) is 0 Å². The maximum Gasteiger partial charge on any atom is 0.170 e. The molecule has 4 nitrogen and oxygen atoms in total. The first-order valence-corrected chi connectivity index (χ1v) is 5.62. The van der Waals surface area contributed by atoms with Gasteiger partial charge in [0.25, 0.3) is 0 Å². The normalized spacial score (nSPS) is 10.6. The van der Waals surface area contributed by atoms with Gasteiger partial charge in [0.1, 0.15) is 18.2 Å². The highest BCUT2D eigenvalue weighted by molar-refractivity contribution is 5.33. The quantitative estimate of drug-likeness (QED) is 0.814. The molecule has 0 N–H and O–H groups in total. The minimum absolute atomic E-state index is 0.445. The molecule has 0 bridgehead atoms. The summed E-state index contributed by atoms with van der Waals surface area (Å²) in [6, 6.07) is 6.17. The molecule has 0 radical (unpaired) electrons. The van der Waals surface area contributed by atoms with Crippen molar-refractivity contribution in [1.82, 2.24) is 14.8 Å². The summed E-state index contributed by atoms with van der Waals surface area (Å²) in [6.45, 7) is 6.49. The Hall–Kier alpha value is -1.84. The van der Waals surface area contributed by atoms with Crippen molar-refractivity contribution in [3.05, 3.63) is 41.0 Å². The van der Waals surface area contributed by atoms with Crippen LogP contribution in [0.15, 0.2) is 18.2 Å². The van der Waals surface area contributed by atoms with Gasteiger partial charge in [0, 0.05) is 7.05 Å². The fourth-order valence-corrected chi connectivity index (χ4v) is 1.74. The predicted molar refractivity (Wildman–Crippen MR) is 66.0 cm³/mol. The van der Waals surface area contributed by atoms with Crippen molar-refractivity contribution in [2.45, 2.75) is 27.4 Å². The summed E-state index contributed by atoms with van der Waals surface area (Å²) in [5, 5.41) is 8.06. The maximum atomic E-state index is 5.72. The van der Waals surface area contributed by atoms with E-state index in [0.29, 0.717) is 6.61 Å². The second-order valence-corrected chi connectivity index (χ2v) is 4.33. The van der Waals surface area contributed by atoms with E-state index >= 15 is 0 Å². The van der Waals surface area contributed by atoms with Crippen molar-refractivity contribution >= 4 is 0 Å². The Morgan fingerprint density at radius 1 is 1.06 bits per heavy atom. The van der Waals surface area contributed by atoms with Gasteiger partial charge < -0.3 is 9.30 Å². The largest absolute Gasteiger partial charge is 0.486 e. The average molecular weight is 231 g/mol. The molecule has 17 heavy (non-hydrogen) atoms. The highest BCUT2D eigenvalue weighted by Crippen LogP contribution is 2.17. The number of hydrogen-bond donors (Lipinski definition) is 0. The molecule has 1 aromatic carbocycles. The van der Waals surface area contributed by atoms with E-state index in [4.69, 9.17) is 4.74 Å². The van der Waals surface area contributed by atoms with Crippen molar-refractivity contribution in [2.24, 2.45) is 7.05 Å². The molecular formula is C13H17N3O. The Kier molecular flexibility index (Phi) is 3.13. The van der Waals surface area contributed by atoms with Crippen LogP contribution >= 0.6 is 0 Å². The first-order chi connectivity index (χ1) is 8.06. The maximum absolute atomic E-state index is 5.72. The zero-order chi connectivity index (χ0) is 12.4. The number of nitrogens with zero attached hydrogens (tertiary/aromatic N) is 3. The van der Waals surface area contributed by atoms with Crippen LogP contribution in [0.2, 0.25) is 0 Å². The Morgan fingerprint density at radius 2 is 1.71 bits per heavy atom. The smallest absolute Gasteiger partial charge is 0.170 e. The molecular weight excluding hydrogens is 214 g/mol. The standard InChI is InChI=1S/C13H17N3O/c1-9-5-10(2)7-12(6-9)17-8-13-15-14-11(3)16(13)4/h5-7H,8H2,1-4H3. The van der Waals surface area contributed by atoms with E-state index < -0.39 is 0 Å². The Balaban J connectivity index is 2.09. The van der Waals surface area contributed by atoms with E-state index in [9.17, 15) is 0 Å². The van der Waals surface area contributed by atoms with Gasteiger partial charge in [-0.1, -0.05) is 6.07 Å². The summed E-state index contributed by atoms with van der Waals surface area (Å²) in [7, 11) is 1.94. The van der Waals surface area contributed by atoms with Gasteiger partial charge in [-0.25, -0.2) is 0 Å². The first-order valence-electron chi connectivity index (χ1n) is 5.62. The van der Waals surface area contributed by atoms with E-state index in [0.717, 1.165) is 17.4 Å². The van der Waals surface area contributed by atoms with E-state index in [2.05, 4.69) is 30.1 Å². The van der Waals surface area contributed by atoms with E-state index in [-0.39, 0.29) is 0 Å². The molecule has 0 atom stereocenters. The molecule has 0 saturated heterocycles. The molecule has 4 heteroatoms. The predicted octanol–water partition coefficient (Wildman–Crippen LogP) is 2.32. The molecule has 0 aliphatic heterocycles. The molecule has 1 heterocycles. The molecule has 0 aliphatic rings. The lowest BCUT2D eigenvalue weighted by Crippen LogP contribution is -2.04. The fourth-order valence-electron chi connectivity index (χ4n) is 1.74. The fraction of sp³-hybridized carbons (Fsp3) is 0.385. The number of ether oxygens (including phenoxy) is 1. The Bertz CT molecular complexity index is 511. The summed E-state index contributed by atoms with van der Waals surface area (Å²) < 4.78 is 7.66. The zero-order valence-electron chi connectivity index (χ0n) is 10.7. The SMILES string of the molecule is Cc1cc(C)cc(OCc2nnc(C)n2C)c1. The number of aromatic nitrogens is 3. The lowest BCUT2D eigenvalue weighted by atomic mass is 10.1. The van der Waals surface area contributed by atoms with E-state index in [1.54, 1.807) is 0 Å². The van der Waals surface area contributed by atoms with Crippen LogP contribution in [0, 0.1) is 20.8 Å². The molecule has 0 amide bonds. The molecule has 90 valence electrons. The number of aryl methyl sites for hydroxylation is 3. The minimum atomic E-state index is 0.445.